The summed E-state index contributed by atoms with van der Waals surface area (Å²) in [6.45, 7) is -2.71. The van der Waals surface area contributed by atoms with Gasteiger partial charge >= 0.3 is 6.61 Å². The normalized spacial score (nSPS) is 16.3. The molecule has 0 spiro atoms. The maximum absolute atomic E-state index is 13.3. The lowest BCUT2D eigenvalue weighted by atomic mass is 10.1. The van der Waals surface area contributed by atoms with Crippen LogP contribution in [-0.2, 0) is 0 Å². The fraction of sp³-hybridized carbons (Fsp3) is 0.150. The number of hydrogen-bond acceptors (Lipinski definition) is 5. The van der Waals surface area contributed by atoms with Gasteiger partial charge in [0, 0.05) is 35.4 Å². The number of imidazole rings is 1. The van der Waals surface area contributed by atoms with Gasteiger partial charge in [-0.25, -0.2) is 9.67 Å². The molecule has 0 unspecified atom stereocenters. The molecular weight excluding hydrogens is 394 g/mol. The number of aromatic nitrogens is 4. The Bertz CT molecular complexity index is 1230. The van der Waals surface area contributed by atoms with Crippen molar-refractivity contribution in [2.45, 2.75) is 12.8 Å². The quantitative estimate of drug-likeness (QED) is 0.559. The van der Waals surface area contributed by atoms with E-state index in [-0.39, 0.29) is 18.2 Å². The van der Waals surface area contributed by atoms with E-state index in [1.807, 2.05) is 28.9 Å². The molecule has 2 N–H and O–H groups in total. The van der Waals surface area contributed by atoms with Crippen LogP contribution in [0.2, 0.25) is 0 Å². The molecule has 1 aromatic carbocycles. The predicted octanol–water partition coefficient (Wildman–Crippen LogP) is 2.92. The van der Waals surface area contributed by atoms with Gasteiger partial charge in [-0.1, -0.05) is 0 Å². The van der Waals surface area contributed by atoms with Crippen LogP contribution in [0.25, 0.3) is 16.8 Å². The summed E-state index contributed by atoms with van der Waals surface area (Å²) in [6.07, 6.45) is 6.44. The lowest BCUT2D eigenvalue weighted by molar-refractivity contribution is -0.0498. The maximum Gasteiger partial charge on any atom is 0.387 e. The summed E-state index contributed by atoms with van der Waals surface area (Å²) in [7, 11) is 0. The second-order valence-corrected chi connectivity index (χ2v) is 6.82. The number of carbonyl (C=O) groups is 1. The Morgan fingerprint density at radius 2 is 1.97 bits per heavy atom. The molecule has 1 aliphatic rings. The number of nitrogens with two attached hydrogens (primary N) is 1. The molecule has 1 aliphatic heterocycles. The lowest BCUT2D eigenvalue weighted by Gasteiger charge is -2.32. The zero-order valence-electron chi connectivity index (χ0n) is 15.5. The molecule has 3 aromatic heterocycles. The van der Waals surface area contributed by atoms with Crippen molar-refractivity contribution in [2.24, 2.45) is 5.73 Å². The molecule has 0 radical (unpaired) electrons. The van der Waals surface area contributed by atoms with Crippen LogP contribution in [0.1, 0.15) is 16.7 Å². The Hall–Kier alpha value is -3.79. The summed E-state index contributed by atoms with van der Waals surface area (Å²) >= 11 is 0. The number of fused-ring (bicyclic) bond motifs is 2. The Kier molecular flexibility index (Phi) is 4.21. The van der Waals surface area contributed by atoms with Gasteiger partial charge in [0.05, 0.1) is 12.7 Å². The third kappa shape index (κ3) is 2.98. The first kappa shape index (κ1) is 18.3. The van der Waals surface area contributed by atoms with Gasteiger partial charge in [-0.15, -0.1) is 0 Å². The Labute approximate surface area is 169 Å². The van der Waals surface area contributed by atoms with Crippen LogP contribution in [0.5, 0.6) is 5.75 Å². The van der Waals surface area contributed by atoms with Gasteiger partial charge in [-0.05, 0) is 36.4 Å². The van der Waals surface area contributed by atoms with Crippen molar-refractivity contribution in [3.63, 3.8) is 0 Å². The summed E-state index contributed by atoms with van der Waals surface area (Å²) in [5, 5.41) is 4.32. The van der Waals surface area contributed by atoms with E-state index >= 15 is 0 Å². The highest BCUT2D eigenvalue weighted by atomic mass is 19.3. The molecule has 0 saturated heterocycles. The number of ether oxygens (including phenoxy) is 1. The van der Waals surface area contributed by atoms with Crippen molar-refractivity contribution < 1.29 is 18.3 Å². The van der Waals surface area contributed by atoms with Crippen molar-refractivity contribution in [3.8, 4) is 16.9 Å². The number of nitrogens with zero attached hydrogens (tertiary/aromatic N) is 5. The number of carbonyl (C=O) groups excluding carboxylic acids is 1. The van der Waals surface area contributed by atoms with E-state index in [1.54, 1.807) is 24.5 Å². The number of hydrogen-bond donors (Lipinski definition) is 1. The predicted molar refractivity (Wildman–Crippen MR) is 104 cm³/mol. The minimum Gasteiger partial charge on any atom is -0.435 e. The first-order valence-corrected chi connectivity index (χ1v) is 9.14. The standard InChI is InChI=1S/C20H16F2N6O2/c21-20(22)30-14-4-2-13(3-5-14)27-11-16(23)28-18(19(27)29)15(9-25-28)12-1-6-17-24-7-8-26(17)10-12/h1-10,16,20H,11,23H2/t16-/m1/s1. The average molecular weight is 410 g/mol. The highest BCUT2D eigenvalue weighted by Gasteiger charge is 2.34. The number of halogens is 2. The zero-order valence-corrected chi connectivity index (χ0v) is 15.5. The monoisotopic (exact) mass is 410 g/mol. The van der Waals surface area contributed by atoms with Gasteiger partial charge in [0.15, 0.2) is 0 Å². The molecule has 0 saturated carbocycles. The molecular formula is C20H16F2N6O2. The van der Waals surface area contributed by atoms with E-state index in [0.717, 1.165) is 11.2 Å². The maximum atomic E-state index is 13.3. The highest BCUT2D eigenvalue weighted by Crippen LogP contribution is 2.32. The molecule has 0 fully saturated rings. The van der Waals surface area contributed by atoms with Crippen LogP contribution in [0.3, 0.4) is 0 Å². The molecule has 30 heavy (non-hydrogen) atoms. The largest absolute Gasteiger partial charge is 0.435 e. The zero-order chi connectivity index (χ0) is 20.8. The van der Waals surface area contributed by atoms with Crippen LogP contribution in [0.15, 0.2) is 61.2 Å². The van der Waals surface area contributed by atoms with E-state index < -0.39 is 12.8 Å². The first-order chi connectivity index (χ1) is 14.5. The van der Waals surface area contributed by atoms with E-state index in [2.05, 4.69) is 14.8 Å². The van der Waals surface area contributed by atoms with Gasteiger partial charge in [0.25, 0.3) is 5.91 Å². The van der Waals surface area contributed by atoms with E-state index in [9.17, 15) is 13.6 Å². The summed E-state index contributed by atoms with van der Waals surface area (Å²) < 4.78 is 32.5. The topological polar surface area (TPSA) is 90.7 Å². The van der Waals surface area contributed by atoms with Gasteiger partial charge in [-0.2, -0.15) is 13.9 Å². The number of anilines is 1. The molecule has 4 heterocycles. The number of alkyl halides is 2. The van der Waals surface area contributed by atoms with Crippen molar-refractivity contribution in [3.05, 3.63) is 66.9 Å². The van der Waals surface area contributed by atoms with E-state index in [4.69, 9.17) is 5.73 Å². The third-order valence-electron chi connectivity index (χ3n) is 5.00. The fourth-order valence-electron chi connectivity index (χ4n) is 3.62. The Balaban J connectivity index is 1.52. The van der Waals surface area contributed by atoms with Crippen LogP contribution in [-0.4, -0.2) is 38.2 Å². The van der Waals surface area contributed by atoms with Crippen molar-refractivity contribution in [1.29, 1.82) is 0 Å². The number of pyridine rings is 1. The molecule has 10 heteroatoms. The minimum atomic E-state index is -2.91. The van der Waals surface area contributed by atoms with Crippen LogP contribution in [0.4, 0.5) is 14.5 Å². The Morgan fingerprint density at radius 3 is 2.73 bits per heavy atom. The third-order valence-corrected chi connectivity index (χ3v) is 5.00. The van der Waals surface area contributed by atoms with Crippen LogP contribution in [0, 0.1) is 0 Å². The molecule has 5 rings (SSSR count). The SMILES string of the molecule is N[C@H]1CN(c2ccc(OC(F)F)cc2)C(=O)c2c(-c3ccc4nccn4c3)cnn21. The molecule has 1 amide bonds. The summed E-state index contributed by atoms with van der Waals surface area (Å²) in [5.41, 5.74) is 9.39. The van der Waals surface area contributed by atoms with Crippen LogP contribution < -0.4 is 15.4 Å². The average Bonchev–Trinajstić information content (AvgIpc) is 3.37. The molecule has 8 nitrogen and oxygen atoms in total. The molecule has 4 aromatic rings. The van der Waals surface area contributed by atoms with Crippen molar-refractivity contribution in [1.82, 2.24) is 19.2 Å². The number of rotatable bonds is 4. The van der Waals surface area contributed by atoms with Crippen LogP contribution >= 0.6 is 0 Å². The van der Waals surface area contributed by atoms with Gasteiger partial charge in [0.2, 0.25) is 0 Å². The smallest absolute Gasteiger partial charge is 0.387 e. The minimum absolute atomic E-state index is 0.0156. The second-order valence-electron chi connectivity index (χ2n) is 6.82. The summed E-state index contributed by atoms with van der Waals surface area (Å²) in [5.74, 6) is -0.265. The summed E-state index contributed by atoms with van der Waals surface area (Å²) in [4.78, 5) is 19.1. The van der Waals surface area contributed by atoms with E-state index in [1.165, 1.54) is 21.7 Å². The Morgan fingerprint density at radius 1 is 1.17 bits per heavy atom. The first-order valence-electron chi connectivity index (χ1n) is 9.14. The summed E-state index contributed by atoms with van der Waals surface area (Å²) in [6, 6.07) is 9.60. The number of amides is 1. The van der Waals surface area contributed by atoms with Crippen molar-refractivity contribution >= 4 is 17.2 Å². The lowest BCUT2D eigenvalue weighted by Crippen LogP contribution is -2.46. The van der Waals surface area contributed by atoms with Crippen molar-refractivity contribution in [2.75, 3.05) is 11.4 Å². The van der Waals surface area contributed by atoms with Gasteiger partial charge < -0.3 is 19.8 Å². The van der Waals surface area contributed by atoms with Gasteiger partial charge in [-0.3, -0.25) is 4.79 Å². The van der Waals surface area contributed by atoms with Gasteiger partial charge in [0.1, 0.15) is 23.3 Å². The van der Waals surface area contributed by atoms with E-state index in [0.29, 0.717) is 16.9 Å². The molecule has 152 valence electrons. The second kappa shape index (κ2) is 6.92. The number of benzene rings is 1. The molecule has 1 atom stereocenters. The highest BCUT2D eigenvalue weighted by molar-refractivity contribution is 6.09. The molecule has 0 bridgehead atoms. The fourth-order valence-corrected chi connectivity index (χ4v) is 3.62. The molecule has 0 aliphatic carbocycles.